The number of morpholine rings is 1. The van der Waals surface area contributed by atoms with Gasteiger partial charge in [0.2, 0.25) is 0 Å². The van der Waals surface area contributed by atoms with E-state index in [1.54, 1.807) is 12.1 Å². The zero-order valence-corrected chi connectivity index (χ0v) is 11.7. The maximum Gasteiger partial charge on any atom is 0.280 e. The van der Waals surface area contributed by atoms with Gasteiger partial charge in [-0.05, 0) is 25.5 Å². The van der Waals surface area contributed by atoms with Crippen molar-refractivity contribution < 1.29 is 14.5 Å². The molecule has 1 aliphatic heterocycles. The van der Waals surface area contributed by atoms with Crippen LogP contribution in [0.25, 0.3) is 0 Å². The summed E-state index contributed by atoms with van der Waals surface area (Å²) in [5.74, 6) is -0.293. The molecule has 1 aliphatic rings. The summed E-state index contributed by atoms with van der Waals surface area (Å²) in [5, 5.41) is 10.9. The van der Waals surface area contributed by atoms with Crippen molar-refractivity contribution in [3.8, 4) is 0 Å². The van der Waals surface area contributed by atoms with Gasteiger partial charge in [-0.1, -0.05) is 6.92 Å². The summed E-state index contributed by atoms with van der Waals surface area (Å²) in [7, 11) is 0. The number of Topliss-reactive ketones (excluding diaryl/α,β-unsaturated/α-hetero) is 1. The highest BCUT2D eigenvalue weighted by molar-refractivity contribution is 5.99. The Morgan fingerprint density at radius 3 is 2.90 bits per heavy atom. The minimum absolute atomic E-state index is 0.137. The lowest BCUT2D eigenvalue weighted by molar-refractivity contribution is -0.385. The number of rotatable bonds is 4. The van der Waals surface area contributed by atoms with Gasteiger partial charge in [-0.3, -0.25) is 14.9 Å². The van der Waals surface area contributed by atoms with Gasteiger partial charge >= 0.3 is 0 Å². The Bertz CT molecular complexity index is 530. The predicted molar refractivity (Wildman–Crippen MR) is 75.3 cm³/mol. The number of carbonyl (C=O) groups is 1. The van der Waals surface area contributed by atoms with Crippen LogP contribution in [0.15, 0.2) is 18.2 Å². The Morgan fingerprint density at radius 2 is 2.30 bits per heavy atom. The minimum atomic E-state index is -0.519. The normalized spacial score (nSPS) is 18.9. The molecule has 0 bridgehead atoms. The largest absolute Gasteiger partial charge is 0.375 e. The molecule has 1 fully saturated rings. The van der Waals surface area contributed by atoms with Gasteiger partial charge in [-0.2, -0.15) is 0 Å². The molecule has 108 valence electrons. The summed E-state index contributed by atoms with van der Waals surface area (Å²) in [4.78, 5) is 24.1. The van der Waals surface area contributed by atoms with E-state index in [0.717, 1.165) is 25.2 Å². The average Bonchev–Trinajstić information content (AvgIpc) is 2.46. The number of ether oxygens (including phenoxy) is 1. The van der Waals surface area contributed by atoms with E-state index in [1.165, 1.54) is 13.0 Å². The highest BCUT2D eigenvalue weighted by atomic mass is 16.6. The number of nitro groups is 1. The van der Waals surface area contributed by atoms with Crippen LogP contribution in [-0.4, -0.2) is 36.5 Å². The van der Waals surface area contributed by atoms with Gasteiger partial charge in [0.25, 0.3) is 5.69 Å². The van der Waals surface area contributed by atoms with E-state index in [4.69, 9.17) is 4.74 Å². The third-order valence-electron chi connectivity index (χ3n) is 3.52. The van der Waals surface area contributed by atoms with Crippen LogP contribution in [0.1, 0.15) is 30.6 Å². The van der Waals surface area contributed by atoms with Crippen LogP contribution in [0, 0.1) is 10.1 Å². The molecule has 1 aromatic rings. The standard InChI is InChI=1S/C14H18N2O4/c1-3-12-9-15(6-7-20-12)11-4-5-14(16(18)19)13(8-11)10(2)17/h4-5,8,12H,3,6-7,9H2,1-2H3. The highest BCUT2D eigenvalue weighted by Crippen LogP contribution is 2.27. The fourth-order valence-electron chi connectivity index (χ4n) is 2.36. The summed E-state index contributed by atoms with van der Waals surface area (Å²) in [6.07, 6.45) is 1.09. The summed E-state index contributed by atoms with van der Waals surface area (Å²) in [6.45, 7) is 5.51. The summed E-state index contributed by atoms with van der Waals surface area (Å²) in [6, 6.07) is 4.71. The summed E-state index contributed by atoms with van der Waals surface area (Å²) < 4.78 is 5.60. The molecule has 0 saturated carbocycles. The number of nitrogens with zero attached hydrogens (tertiary/aromatic N) is 2. The number of anilines is 1. The average molecular weight is 278 g/mol. The molecule has 1 unspecified atom stereocenters. The lowest BCUT2D eigenvalue weighted by Gasteiger charge is -2.34. The lowest BCUT2D eigenvalue weighted by Crippen LogP contribution is -2.42. The van der Waals surface area contributed by atoms with Crippen molar-refractivity contribution in [3.63, 3.8) is 0 Å². The van der Waals surface area contributed by atoms with Crippen LogP contribution in [0.3, 0.4) is 0 Å². The van der Waals surface area contributed by atoms with Crippen LogP contribution in [0.4, 0.5) is 11.4 Å². The number of benzene rings is 1. The molecule has 2 rings (SSSR count). The van der Waals surface area contributed by atoms with Gasteiger partial charge in [-0.15, -0.1) is 0 Å². The van der Waals surface area contributed by atoms with E-state index in [-0.39, 0.29) is 23.1 Å². The molecule has 0 N–H and O–H groups in total. The van der Waals surface area contributed by atoms with Crippen molar-refractivity contribution in [2.24, 2.45) is 0 Å². The zero-order chi connectivity index (χ0) is 14.7. The summed E-state index contributed by atoms with van der Waals surface area (Å²) in [5.41, 5.74) is 0.858. The van der Waals surface area contributed by atoms with E-state index in [2.05, 4.69) is 11.8 Å². The van der Waals surface area contributed by atoms with Crippen molar-refractivity contribution in [2.75, 3.05) is 24.6 Å². The molecule has 20 heavy (non-hydrogen) atoms. The molecule has 6 nitrogen and oxygen atoms in total. The van der Waals surface area contributed by atoms with Gasteiger partial charge in [0.1, 0.15) is 0 Å². The van der Waals surface area contributed by atoms with Crippen molar-refractivity contribution in [3.05, 3.63) is 33.9 Å². The zero-order valence-electron chi connectivity index (χ0n) is 11.7. The highest BCUT2D eigenvalue weighted by Gasteiger charge is 2.23. The Balaban J connectivity index is 2.31. The van der Waals surface area contributed by atoms with Crippen molar-refractivity contribution in [1.29, 1.82) is 0 Å². The summed E-state index contributed by atoms with van der Waals surface area (Å²) >= 11 is 0. The van der Waals surface area contributed by atoms with E-state index < -0.39 is 4.92 Å². The van der Waals surface area contributed by atoms with E-state index in [0.29, 0.717) is 6.61 Å². The van der Waals surface area contributed by atoms with E-state index >= 15 is 0 Å². The van der Waals surface area contributed by atoms with Crippen LogP contribution in [0.5, 0.6) is 0 Å². The molecule has 0 radical (unpaired) electrons. The number of hydrogen-bond donors (Lipinski definition) is 0. The van der Waals surface area contributed by atoms with Crippen LogP contribution in [-0.2, 0) is 4.74 Å². The van der Waals surface area contributed by atoms with E-state index in [9.17, 15) is 14.9 Å². The van der Waals surface area contributed by atoms with Gasteiger partial charge < -0.3 is 9.64 Å². The van der Waals surface area contributed by atoms with Crippen molar-refractivity contribution in [1.82, 2.24) is 0 Å². The SMILES string of the molecule is CCC1CN(c2ccc([N+](=O)[O-])c(C(C)=O)c2)CCO1. The third kappa shape index (κ3) is 2.96. The molecule has 0 aliphatic carbocycles. The topological polar surface area (TPSA) is 72.7 Å². The first-order valence-corrected chi connectivity index (χ1v) is 6.68. The number of hydrogen-bond acceptors (Lipinski definition) is 5. The van der Waals surface area contributed by atoms with Gasteiger partial charge in [0.15, 0.2) is 5.78 Å². The van der Waals surface area contributed by atoms with Gasteiger partial charge in [-0.25, -0.2) is 0 Å². The van der Waals surface area contributed by atoms with Crippen LogP contribution >= 0.6 is 0 Å². The van der Waals surface area contributed by atoms with Gasteiger partial charge in [0, 0.05) is 24.8 Å². The number of carbonyl (C=O) groups excluding carboxylic acids is 1. The third-order valence-corrected chi connectivity index (χ3v) is 3.52. The lowest BCUT2D eigenvalue weighted by atomic mass is 10.1. The molecule has 6 heteroatoms. The van der Waals surface area contributed by atoms with Crippen LogP contribution < -0.4 is 4.90 Å². The maximum atomic E-state index is 11.6. The smallest absolute Gasteiger partial charge is 0.280 e. The molecule has 0 amide bonds. The van der Waals surface area contributed by atoms with Crippen LogP contribution in [0.2, 0.25) is 0 Å². The molecule has 1 saturated heterocycles. The molecule has 0 aromatic heterocycles. The monoisotopic (exact) mass is 278 g/mol. The van der Waals surface area contributed by atoms with Crippen molar-refractivity contribution in [2.45, 2.75) is 26.4 Å². The Kier molecular flexibility index (Phi) is 4.34. The molecular formula is C14H18N2O4. The van der Waals surface area contributed by atoms with Crippen molar-refractivity contribution >= 4 is 17.2 Å². The minimum Gasteiger partial charge on any atom is -0.375 e. The molecule has 1 aromatic carbocycles. The first-order valence-electron chi connectivity index (χ1n) is 6.68. The molecule has 1 atom stereocenters. The van der Waals surface area contributed by atoms with Gasteiger partial charge in [0.05, 0.1) is 23.2 Å². The predicted octanol–water partition coefficient (Wildman–Crippen LogP) is 2.41. The number of ketones is 1. The first-order chi connectivity index (χ1) is 9.52. The first kappa shape index (κ1) is 14.5. The Labute approximate surface area is 117 Å². The fraction of sp³-hybridized carbons (Fsp3) is 0.500. The second kappa shape index (κ2) is 6.00. The number of nitro benzene ring substituents is 1. The Morgan fingerprint density at radius 1 is 1.55 bits per heavy atom. The van der Waals surface area contributed by atoms with E-state index in [1.807, 2.05) is 0 Å². The quantitative estimate of drug-likeness (QED) is 0.480. The fourth-order valence-corrected chi connectivity index (χ4v) is 2.36. The Hall–Kier alpha value is -1.95. The maximum absolute atomic E-state index is 11.6. The molecule has 1 heterocycles. The molecular weight excluding hydrogens is 260 g/mol. The molecule has 0 spiro atoms. The second-order valence-electron chi connectivity index (χ2n) is 4.86. The second-order valence-corrected chi connectivity index (χ2v) is 4.86.